The summed E-state index contributed by atoms with van der Waals surface area (Å²) in [7, 11) is 0. The van der Waals surface area contributed by atoms with Gasteiger partial charge >= 0.3 is 0 Å². The SMILES string of the molecule is CC(CCO)CNC(=O)c1cccc(Br)c1F. The molecule has 0 saturated heterocycles. The third kappa shape index (κ3) is 4.09. The highest BCUT2D eigenvalue weighted by molar-refractivity contribution is 9.10. The first-order valence-electron chi connectivity index (χ1n) is 5.39. The Labute approximate surface area is 108 Å². The number of aliphatic hydroxyl groups excluding tert-OH is 1. The Bertz CT molecular complexity index is 398. The van der Waals surface area contributed by atoms with E-state index in [1.54, 1.807) is 12.1 Å². The van der Waals surface area contributed by atoms with Gasteiger partial charge in [0.2, 0.25) is 0 Å². The van der Waals surface area contributed by atoms with Crippen LogP contribution in [0, 0.1) is 11.7 Å². The van der Waals surface area contributed by atoms with Gasteiger partial charge in [-0.25, -0.2) is 4.39 Å². The van der Waals surface area contributed by atoms with E-state index < -0.39 is 11.7 Å². The van der Waals surface area contributed by atoms with Gasteiger partial charge in [-0.15, -0.1) is 0 Å². The van der Waals surface area contributed by atoms with Gasteiger partial charge in [0.15, 0.2) is 0 Å². The molecular formula is C12H15BrFNO2. The first-order valence-corrected chi connectivity index (χ1v) is 6.18. The molecule has 1 rings (SSSR count). The number of halogens is 2. The topological polar surface area (TPSA) is 49.3 Å². The largest absolute Gasteiger partial charge is 0.396 e. The maximum absolute atomic E-state index is 13.6. The van der Waals surface area contributed by atoms with E-state index in [-0.39, 0.29) is 22.6 Å². The summed E-state index contributed by atoms with van der Waals surface area (Å²) in [5, 5.41) is 11.4. The molecular weight excluding hydrogens is 289 g/mol. The second kappa shape index (κ2) is 6.71. The second-order valence-electron chi connectivity index (χ2n) is 3.93. The van der Waals surface area contributed by atoms with Crippen LogP contribution in [0.15, 0.2) is 22.7 Å². The van der Waals surface area contributed by atoms with E-state index in [1.165, 1.54) is 6.07 Å². The normalized spacial score (nSPS) is 12.2. The van der Waals surface area contributed by atoms with Crippen molar-refractivity contribution in [3.63, 3.8) is 0 Å². The Morgan fingerprint density at radius 1 is 1.59 bits per heavy atom. The Morgan fingerprint density at radius 3 is 2.94 bits per heavy atom. The number of hydrogen-bond acceptors (Lipinski definition) is 2. The second-order valence-corrected chi connectivity index (χ2v) is 4.78. The minimum atomic E-state index is -0.556. The fraction of sp³-hybridized carbons (Fsp3) is 0.417. The van der Waals surface area contributed by atoms with Crippen molar-refractivity contribution >= 4 is 21.8 Å². The van der Waals surface area contributed by atoms with E-state index in [0.717, 1.165) is 0 Å². The lowest BCUT2D eigenvalue weighted by molar-refractivity contribution is 0.0941. The standard InChI is InChI=1S/C12H15BrFNO2/c1-8(5-6-16)7-15-12(17)9-3-2-4-10(13)11(9)14/h2-4,8,16H,5-7H2,1H3,(H,15,17). The van der Waals surface area contributed by atoms with E-state index >= 15 is 0 Å². The molecule has 0 aromatic heterocycles. The molecule has 1 unspecified atom stereocenters. The fourth-order valence-electron chi connectivity index (χ4n) is 1.36. The summed E-state index contributed by atoms with van der Waals surface area (Å²) >= 11 is 3.03. The van der Waals surface area contributed by atoms with E-state index in [9.17, 15) is 9.18 Å². The van der Waals surface area contributed by atoms with Gasteiger partial charge in [0.05, 0.1) is 10.0 Å². The van der Waals surface area contributed by atoms with Crippen LogP contribution < -0.4 is 5.32 Å². The van der Waals surface area contributed by atoms with Crippen LogP contribution in [0.25, 0.3) is 0 Å². The van der Waals surface area contributed by atoms with Gasteiger partial charge in [-0.1, -0.05) is 13.0 Å². The maximum atomic E-state index is 13.6. The first-order chi connectivity index (χ1) is 8.06. The van der Waals surface area contributed by atoms with Gasteiger partial charge in [0.1, 0.15) is 5.82 Å². The Morgan fingerprint density at radius 2 is 2.29 bits per heavy atom. The number of nitrogens with one attached hydrogen (secondary N) is 1. The molecule has 0 bridgehead atoms. The van der Waals surface area contributed by atoms with Gasteiger partial charge in [-0.3, -0.25) is 4.79 Å². The number of carbonyl (C=O) groups is 1. The fourth-order valence-corrected chi connectivity index (χ4v) is 1.73. The molecule has 0 aliphatic rings. The number of carbonyl (C=O) groups excluding carboxylic acids is 1. The summed E-state index contributed by atoms with van der Waals surface area (Å²) < 4.78 is 13.8. The molecule has 2 N–H and O–H groups in total. The molecule has 5 heteroatoms. The number of amides is 1. The van der Waals surface area contributed by atoms with Crippen molar-refractivity contribution in [3.8, 4) is 0 Å². The molecule has 1 atom stereocenters. The molecule has 0 heterocycles. The number of hydrogen-bond donors (Lipinski definition) is 2. The van der Waals surface area contributed by atoms with E-state index in [4.69, 9.17) is 5.11 Å². The highest BCUT2D eigenvalue weighted by Gasteiger charge is 2.14. The average molecular weight is 304 g/mol. The molecule has 0 aliphatic heterocycles. The molecule has 1 aromatic rings. The lowest BCUT2D eigenvalue weighted by Crippen LogP contribution is -2.29. The molecule has 17 heavy (non-hydrogen) atoms. The summed E-state index contributed by atoms with van der Waals surface area (Å²) in [6.45, 7) is 2.42. The molecule has 0 aliphatic carbocycles. The lowest BCUT2D eigenvalue weighted by atomic mass is 10.1. The van der Waals surface area contributed by atoms with Crippen molar-refractivity contribution in [3.05, 3.63) is 34.1 Å². The zero-order chi connectivity index (χ0) is 12.8. The van der Waals surface area contributed by atoms with Crippen LogP contribution in [0.4, 0.5) is 4.39 Å². The third-order valence-electron chi connectivity index (χ3n) is 2.43. The quantitative estimate of drug-likeness (QED) is 0.877. The monoisotopic (exact) mass is 303 g/mol. The van der Waals surface area contributed by atoms with Crippen LogP contribution >= 0.6 is 15.9 Å². The van der Waals surface area contributed by atoms with Crippen LogP contribution in [0.3, 0.4) is 0 Å². The number of benzene rings is 1. The Hall–Kier alpha value is -0.940. The van der Waals surface area contributed by atoms with Gasteiger partial charge in [-0.2, -0.15) is 0 Å². The van der Waals surface area contributed by atoms with Crippen LogP contribution in [0.2, 0.25) is 0 Å². The molecule has 3 nitrogen and oxygen atoms in total. The zero-order valence-electron chi connectivity index (χ0n) is 9.54. The molecule has 0 fully saturated rings. The summed E-state index contributed by atoms with van der Waals surface area (Å²) in [6.07, 6.45) is 0.612. The van der Waals surface area contributed by atoms with Crippen molar-refractivity contribution in [2.75, 3.05) is 13.2 Å². The molecule has 0 spiro atoms. The minimum absolute atomic E-state index is 0.0237. The number of aliphatic hydroxyl groups is 1. The van der Waals surface area contributed by atoms with Gasteiger partial charge in [0, 0.05) is 13.2 Å². The molecule has 1 amide bonds. The predicted octanol–water partition coefficient (Wildman–Crippen LogP) is 2.34. The minimum Gasteiger partial charge on any atom is -0.396 e. The summed E-state index contributed by atoms with van der Waals surface area (Å²) in [5.41, 5.74) is 0.0237. The molecule has 94 valence electrons. The van der Waals surface area contributed by atoms with Gasteiger partial charge in [0.25, 0.3) is 5.91 Å². The van der Waals surface area contributed by atoms with Gasteiger partial charge in [-0.05, 0) is 40.4 Å². The predicted molar refractivity (Wildman–Crippen MR) is 67.3 cm³/mol. The Kier molecular flexibility index (Phi) is 5.58. The van der Waals surface area contributed by atoms with Gasteiger partial charge < -0.3 is 10.4 Å². The summed E-state index contributed by atoms with van der Waals surface area (Å²) in [5.74, 6) is -0.826. The Balaban J connectivity index is 2.61. The highest BCUT2D eigenvalue weighted by Crippen LogP contribution is 2.18. The van der Waals surface area contributed by atoms with E-state index in [1.807, 2.05) is 6.92 Å². The van der Waals surface area contributed by atoms with Crippen LogP contribution in [0.5, 0.6) is 0 Å². The first kappa shape index (κ1) is 14.1. The molecule has 0 radical (unpaired) electrons. The van der Waals surface area contributed by atoms with E-state index in [2.05, 4.69) is 21.2 Å². The average Bonchev–Trinajstić information content (AvgIpc) is 2.30. The zero-order valence-corrected chi connectivity index (χ0v) is 11.1. The van der Waals surface area contributed by atoms with Crippen LogP contribution in [-0.2, 0) is 0 Å². The number of rotatable bonds is 5. The smallest absolute Gasteiger partial charge is 0.254 e. The lowest BCUT2D eigenvalue weighted by Gasteiger charge is -2.11. The van der Waals surface area contributed by atoms with Crippen LogP contribution in [-0.4, -0.2) is 24.2 Å². The summed E-state index contributed by atoms with van der Waals surface area (Å²) in [4.78, 5) is 11.7. The van der Waals surface area contributed by atoms with Crippen LogP contribution in [0.1, 0.15) is 23.7 Å². The third-order valence-corrected chi connectivity index (χ3v) is 3.04. The van der Waals surface area contributed by atoms with Crippen molar-refractivity contribution in [1.29, 1.82) is 0 Å². The molecule has 0 saturated carbocycles. The highest BCUT2D eigenvalue weighted by atomic mass is 79.9. The maximum Gasteiger partial charge on any atom is 0.254 e. The van der Waals surface area contributed by atoms with Crippen molar-refractivity contribution in [1.82, 2.24) is 5.32 Å². The van der Waals surface area contributed by atoms with Crippen molar-refractivity contribution in [2.24, 2.45) is 5.92 Å². The molecule has 1 aromatic carbocycles. The van der Waals surface area contributed by atoms with E-state index in [0.29, 0.717) is 13.0 Å². The van der Waals surface area contributed by atoms with Crippen molar-refractivity contribution in [2.45, 2.75) is 13.3 Å². The van der Waals surface area contributed by atoms with Crippen molar-refractivity contribution < 1.29 is 14.3 Å². The summed E-state index contributed by atoms with van der Waals surface area (Å²) in [6, 6.07) is 4.59.